The third-order valence-corrected chi connectivity index (χ3v) is 3.98. The van der Waals surface area contributed by atoms with Crippen LogP contribution in [0.3, 0.4) is 0 Å². The summed E-state index contributed by atoms with van der Waals surface area (Å²) in [6, 6.07) is 12.2. The van der Waals surface area contributed by atoms with Crippen molar-refractivity contribution in [3.63, 3.8) is 0 Å². The minimum absolute atomic E-state index is 0.174. The standard InChI is InChI=1S/C15H15Br2NO/c16-13-3-1-11(2-4-13)7-12(10-19)8-15-6-5-14(17)9-18-15/h1-6,9,12,19H,7-8,10H2. The number of hydrogen-bond acceptors (Lipinski definition) is 2. The molecule has 0 fully saturated rings. The molecule has 1 heterocycles. The lowest BCUT2D eigenvalue weighted by Gasteiger charge is -2.14. The fourth-order valence-electron chi connectivity index (χ4n) is 1.98. The highest BCUT2D eigenvalue weighted by molar-refractivity contribution is 9.10. The molecule has 19 heavy (non-hydrogen) atoms. The minimum atomic E-state index is 0.174. The van der Waals surface area contributed by atoms with Gasteiger partial charge in [-0.2, -0.15) is 0 Å². The fraction of sp³-hybridized carbons (Fsp3) is 0.267. The number of halogens is 2. The largest absolute Gasteiger partial charge is 0.396 e. The Balaban J connectivity index is 2.00. The molecule has 0 radical (unpaired) electrons. The predicted octanol–water partition coefficient (Wildman–Crippen LogP) is 4.00. The van der Waals surface area contributed by atoms with Gasteiger partial charge >= 0.3 is 0 Å². The van der Waals surface area contributed by atoms with Crippen molar-refractivity contribution in [3.8, 4) is 0 Å². The van der Waals surface area contributed by atoms with E-state index in [-0.39, 0.29) is 12.5 Å². The van der Waals surface area contributed by atoms with E-state index in [2.05, 4.69) is 49.0 Å². The second kappa shape index (κ2) is 7.17. The highest BCUT2D eigenvalue weighted by Gasteiger charge is 2.10. The molecule has 0 amide bonds. The third kappa shape index (κ3) is 4.71. The number of aliphatic hydroxyl groups is 1. The predicted molar refractivity (Wildman–Crippen MR) is 84.1 cm³/mol. The number of aliphatic hydroxyl groups excluding tert-OH is 1. The number of hydrogen-bond donors (Lipinski definition) is 1. The monoisotopic (exact) mass is 383 g/mol. The summed E-state index contributed by atoms with van der Waals surface area (Å²) >= 11 is 6.80. The van der Waals surface area contributed by atoms with Crippen LogP contribution in [0.2, 0.25) is 0 Å². The van der Waals surface area contributed by atoms with Gasteiger partial charge in [0.05, 0.1) is 0 Å². The van der Waals surface area contributed by atoms with Crippen LogP contribution < -0.4 is 0 Å². The number of nitrogens with zero attached hydrogens (tertiary/aromatic N) is 1. The van der Waals surface area contributed by atoms with Crippen molar-refractivity contribution < 1.29 is 5.11 Å². The molecule has 1 N–H and O–H groups in total. The van der Waals surface area contributed by atoms with Gasteiger partial charge in [-0.3, -0.25) is 4.98 Å². The number of pyridine rings is 1. The molecule has 1 unspecified atom stereocenters. The molecular weight excluding hydrogens is 370 g/mol. The summed E-state index contributed by atoms with van der Waals surface area (Å²) in [7, 11) is 0. The second-order valence-electron chi connectivity index (χ2n) is 4.55. The van der Waals surface area contributed by atoms with Gasteiger partial charge in [0.25, 0.3) is 0 Å². The zero-order chi connectivity index (χ0) is 13.7. The topological polar surface area (TPSA) is 33.1 Å². The lowest BCUT2D eigenvalue weighted by molar-refractivity contribution is 0.224. The van der Waals surface area contributed by atoms with E-state index in [9.17, 15) is 5.11 Å². The first-order chi connectivity index (χ1) is 9.17. The summed E-state index contributed by atoms with van der Waals surface area (Å²) in [5, 5.41) is 9.51. The lowest BCUT2D eigenvalue weighted by atomic mass is 9.95. The summed E-state index contributed by atoms with van der Waals surface area (Å²) in [5.41, 5.74) is 2.25. The molecule has 0 bridgehead atoms. The van der Waals surface area contributed by atoms with Gasteiger partial charge in [-0.05, 0) is 64.5 Å². The molecule has 1 atom stereocenters. The third-order valence-electron chi connectivity index (χ3n) is 2.98. The second-order valence-corrected chi connectivity index (χ2v) is 6.38. The first-order valence-electron chi connectivity index (χ1n) is 6.13. The maximum atomic E-state index is 9.51. The number of aromatic nitrogens is 1. The molecule has 0 saturated heterocycles. The molecule has 0 saturated carbocycles. The first-order valence-corrected chi connectivity index (χ1v) is 7.71. The van der Waals surface area contributed by atoms with Gasteiger partial charge in [-0.1, -0.05) is 28.1 Å². The lowest BCUT2D eigenvalue weighted by Crippen LogP contribution is -2.13. The van der Waals surface area contributed by atoms with Crippen LogP contribution >= 0.6 is 31.9 Å². The highest BCUT2D eigenvalue weighted by Crippen LogP contribution is 2.17. The van der Waals surface area contributed by atoms with Crippen LogP contribution in [0.25, 0.3) is 0 Å². The molecule has 0 aliphatic rings. The maximum Gasteiger partial charge on any atom is 0.0466 e. The van der Waals surface area contributed by atoms with Gasteiger partial charge in [0.15, 0.2) is 0 Å². The van der Waals surface area contributed by atoms with Gasteiger partial charge in [-0.15, -0.1) is 0 Å². The van der Waals surface area contributed by atoms with Crippen LogP contribution in [0, 0.1) is 5.92 Å². The van der Waals surface area contributed by atoms with Crippen molar-refractivity contribution in [1.29, 1.82) is 0 Å². The smallest absolute Gasteiger partial charge is 0.0466 e. The van der Waals surface area contributed by atoms with Gasteiger partial charge in [0, 0.05) is 27.4 Å². The Labute approximate surface area is 130 Å². The summed E-state index contributed by atoms with van der Waals surface area (Å²) in [5.74, 6) is 0.204. The van der Waals surface area contributed by atoms with Crippen LogP contribution in [-0.2, 0) is 12.8 Å². The summed E-state index contributed by atoms with van der Waals surface area (Å²) in [6.45, 7) is 0.174. The Morgan fingerprint density at radius 1 is 0.947 bits per heavy atom. The van der Waals surface area contributed by atoms with Gasteiger partial charge < -0.3 is 5.11 Å². The Morgan fingerprint density at radius 3 is 2.21 bits per heavy atom. The van der Waals surface area contributed by atoms with Crippen molar-refractivity contribution in [3.05, 3.63) is 62.8 Å². The average molecular weight is 385 g/mol. The molecular formula is C15H15Br2NO. The van der Waals surface area contributed by atoms with E-state index in [0.29, 0.717) is 0 Å². The molecule has 1 aromatic carbocycles. The maximum absolute atomic E-state index is 9.51. The molecule has 0 spiro atoms. The molecule has 0 aliphatic carbocycles. The number of benzene rings is 1. The van der Waals surface area contributed by atoms with E-state index in [1.54, 1.807) is 6.20 Å². The molecule has 2 aromatic rings. The van der Waals surface area contributed by atoms with Crippen LogP contribution in [0.15, 0.2) is 51.5 Å². The molecule has 0 aliphatic heterocycles. The zero-order valence-corrected chi connectivity index (χ0v) is 13.6. The first kappa shape index (κ1) is 14.7. The van der Waals surface area contributed by atoms with Gasteiger partial charge in [0.2, 0.25) is 0 Å². The Bertz CT molecular complexity index is 463. The normalized spacial score (nSPS) is 12.4. The van der Waals surface area contributed by atoms with Crippen LogP contribution in [0.1, 0.15) is 11.3 Å². The Kier molecular flexibility index (Phi) is 5.55. The minimum Gasteiger partial charge on any atom is -0.396 e. The Hall–Kier alpha value is -0.710. The van der Waals surface area contributed by atoms with Crippen LogP contribution in [0.4, 0.5) is 0 Å². The summed E-state index contributed by atoms with van der Waals surface area (Å²) in [6.07, 6.45) is 3.45. The molecule has 2 rings (SSSR count). The van der Waals surface area contributed by atoms with E-state index in [4.69, 9.17) is 0 Å². The van der Waals surface area contributed by atoms with Crippen molar-refractivity contribution in [1.82, 2.24) is 4.98 Å². The van der Waals surface area contributed by atoms with Crippen LogP contribution in [-0.4, -0.2) is 16.7 Å². The fourth-order valence-corrected chi connectivity index (χ4v) is 2.48. The molecule has 100 valence electrons. The SMILES string of the molecule is OCC(Cc1ccc(Br)cc1)Cc1ccc(Br)cn1. The van der Waals surface area contributed by atoms with E-state index in [1.807, 2.05) is 24.3 Å². The van der Waals surface area contributed by atoms with E-state index in [1.165, 1.54) is 5.56 Å². The number of rotatable bonds is 5. The highest BCUT2D eigenvalue weighted by atomic mass is 79.9. The zero-order valence-electron chi connectivity index (χ0n) is 10.4. The van der Waals surface area contributed by atoms with Gasteiger partial charge in [-0.25, -0.2) is 0 Å². The average Bonchev–Trinajstić information content (AvgIpc) is 2.43. The summed E-state index contributed by atoms with van der Waals surface area (Å²) < 4.78 is 2.05. The van der Waals surface area contributed by atoms with E-state index >= 15 is 0 Å². The van der Waals surface area contributed by atoms with Crippen molar-refractivity contribution in [2.75, 3.05) is 6.61 Å². The van der Waals surface area contributed by atoms with Crippen molar-refractivity contribution >= 4 is 31.9 Å². The molecule has 4 heteroatoms. The quantitative estimate of drug-likeness (QED) is 0.844. The molecule has 2 nitrogen and oxygen atoms in total. The Morgan fingerprint density at radius 2 is 1.63 bits per heavy atom. The molecule has 1 aromatic heterocycles. The summed E-state index contributed by atoms with van der Waals surface area (Å²) in [4.78, 5) is 4.36. The van der Waals surface area contributed by atoms with Crippen molar-refractivity contribution in [2.45, 2.75) is 12.8 Å². The van der Waals surface area contributed by atoms with E-state index < -0.39 is 0 Å². The van der Waals surface area contributed by atoms with Gasteiger partial charge in [0.1, 0.15) is 0 Å². The van der Waals surface area contributed by atoms with E-state index in [0.717, 1.165) is 27.5 Å². The van der Waals surface area contributed by atoms with Crippen molar-refractivity contribution in [2.24, 2.45) is 5.92 Å². The van der Waals surface area contributed by atoms with Crippen LogP contribution in [0.5, 0.6) is 0 Å².